The average Bonchev–Trinajstić information content (AvgIpc) is 2.97. The quantitative estimate of drug-likeness (QED) is 0.367. The van der Waals surface area contributed by atoms with Crippen molar-refractivity contribution in [3.05, 3.63) is 48.3 Å². The van der Waals surface area contributed by atoms with Gasteiger partial charge in [-0.25, -0.2) is 0 Å². The minimum atomic E-state index is -0.135. The first-order chi connectivity index (χ1) is 10.7. The third kappa shape index (κ3) is 5.28. The Morgan fingerprint density at radius 3 is 2.26 bits per heavy atom. The lowest BCUT2D eigenvalue weighted by atomic mass is 10.1. The van der Waals surface area contributed by atoms with E-state index in [0.717, 1.165) is 17.9 Å². The fourth-order valence-corrected chi connectivity index (χ4v) is 3.75. The van der Waals surface area contributed by atoms with Crippen molar-refractivity contribution in [3.63, 3.8) is 0 Å². The summed E-state index contributed by atoms with van der Waals surface area (Å²) in [5.74, 6) is -0.0172. The molecule has 0 radical (unpaired) electrons. The van der Waals surface area contributed by atoms with Gasteiger partial charge >= 0.3 is 5.97 Å². The first-order valence-electron chi connectivity index (χ1n) is 7.03. The Kier molecular flexibility index (Phi) is 6.74. The molecule has 23 heavy (non-hydrogen) atoms. The topological polar surface area (TPSA) is 26.3 Å². The zero-order valence-electron chi connectivity index (χ0n) is 12.7. The number of ether oxygens (including phenoxy) is 1. The molecule has 0 aromatic heterocycles. The Morgan fingerprint density at radius 2 is 1.74 bits per heavy atom. The van der Waals surface area contributed by atoms with Gasteiger partial charge in [0.25, 0.3) is 0 Å². The number of carbonyl (C=O) groups is 1. The predicted octanol–water partition coefficient (Wildman–Crippen LogP) is 6.72. The molecule has 0 amide bonds. The summed E-state index contributed by atoms with van der Waals surface area (Å²) in [7, 11) is 0. The van der Waals surface area contributed by atoms with Gasteiger partial charge in [0.15, 0.2) is 0 Å². The van der Waals surface area contributed by atoms with E-state index in [0.29, 0.717) is 6.61 Å². The molecule has 1 aliphatic rings. The molecule has 1 aromatic rings. The van der Waals surface area contributed by atoms with E-state index in [1.165, 1.54) is 0 Å². The minimum absolute atomic E-state index is 0.0549. The lowest BCUT2D eigenvalue weighted by molar-refractivity contribution is -0.147. The van der Waals surface area contributed by atoms with Crippen LogP contribution in [0.15, 0.2) is 37.1 Å². The smallest absolute Gasteiger partial charge is 0.310 e. The molecular weight excluding hydrogens is 556 g/mol. The molecule has 124 valence electrons. The van der Waals surface area contributed by atoms with Crippen molar-refractivity contribution >= 4 is 75.8 Å². The molecule has 2 rings (SSSR count). The van der Waals surface area contributed by atoms with Crippen LogP contribution in [0.4, 0.5) is 0 Å². The van der Waals surface area contributed by atoms with Crippen LogP contribution in [-0.2, 0) is 16.1 Å². The van der Waals surface area contributed by atoms with Gasteiger partial charge in [0.2, 0.25) is 0 Å². The van der Waals surface area contributed by atoms with Crippen molar-refractivity contribution in [2.75, 3.05) is 0 Å². The van der Waals surface area contributed by atoms with Gasteiger partial charge in [0.1, 0.15) is 6.61 Å². The van der Waals surface area contributed by atoms with Crippen molar-refractivity contribution in [3.8, 4) is 0 Å². The molecule has 2 atom stereocenters. The van der Waals surface area contributed by atoms with Crippen molar-refractivity contribution < 1.29 is 9.53 Å². The monoisotopic (exact) mass is 568 g/mol. The van der Waals surface area contributed by atoms with Crippen molar-refractivity contribution in [1.82, 2.24) is 0 Å². The summed E-state index contributed by atoms with van der Waals surface area (Å²) in [6, 6.07) is 7.90. The lowest BCUT2D eigenvalue weighted by Crippen LogP contribution is -2.10. The normalized spacial score (nSPS) is 21.3. The van der Waals surface area contributed by atoms with Crippen LogP contribution in [0, 0.1) is 17.3 Å². The Balaban J connectivity index is 1.93. The van der Waals surface area contributed by atoms with E-state index in [1.54, 1.807) is 0 Å². The maximum absolute atomic E-state index is 12.3. The lowest BCUT2D eigenvalue weighted by Gasteiger charge is -2.06. The Hall–Kier alpha value is 0.0900. The Labute approximate surface area is 170 Å². The molecule has 1 aliphatic carbocycles. The maximum atomic E-state index is 12.3. The van der Waals surface area contributed by atoms with Crippen LogP contribution in [0.2, 0.25) is 0 Å². The van der Waals surface area contributed by atoms with Gasteiger partial charge in [-0.3, -0.25) is 4.79 Å². The largest absolute Gasteiger partial charge is 0.461 e. The second-order valence-electron chi connectivity index (χ2n) is 6.06. The molecule has 2 nitrogen and oxygen atoms in total. The number of hydrogen-bond acceptors (Lipinski definition) is 2. The highest BCUT2D eigenvalue weighted by atomic mass is 79.9. The van der Waals surface area contributed by atoms with Gasteiger partial charge in [0.05, 0.1) is 12.7 Å². The SMILES string of the molecule is CC1(C)C(C=C(Br)Br)C1C(=O)OCc1ccc(C=C(Br)Br)cc1. The molecule has 0 N–H and O–H groups in total. The van der Waals surface area contributed by atoms with Crippen LogP contribution in [0.25, 0.3) is 6.08 Å². The van der Waals surface area contributed by atoms with Gasteiger partial charge in [0, 0.05) is 0 Å². The first-order valence-corrected chi connectivity index (χ1v) is 10.2. The Morgan fingerprint density at radius 1 is 1.13 bits per heavy atom. The van der Waals surface area contributed by atoms with Crippen LogP contribution < -0.4 is 0 Å². The molecule has 1 saturated carbocycles. The highest BCUT2D eigenvalue weighted by molar-refractivity contribution is 9.28. The average molecular weight is 572 g/mol. The highest BCUT2D eigenvalue weighted by Crippen LogP contribution is 2.60. The van der Waals surface area contributed by atoms with Gasteiger partial charge in [-0.15, -0.1) is 0 Å². The van der Waals surface area contributed by atoms with E-state index in [4.69, 9.17) is 4.74 Å². The number of carbonyl (C=O) groups excluding carboxylic acids is 1. The predicted molar refractivity (Wildman–Crippen MR) is 109 cm³/mol. The van der Waals surface area contributed by atoms with E-state index >= 15 is 0 Å². The van der Waals surface area contributed by atoms with Crippen LogP contribution >= 0.6 is 63.7 Å². The number of allylic oxidation sites excluding steroid dienone is 1. The zero-order valence-corrected chi connectivity index (χ0v) is 19.0. The van der Waals surface area contributed by atoms with Gasteiger partial charge < -0.3 is 4.74 Å². The molecule has 2 unspecified atom stereocenters. The molecular formula is C17H16Br4O2. The Bertz CT molecular complexity index is 639. The zero-order chi connectivity index (χ0) is 17.2. The summed E-state index contributed by atoms with van der Waals surface area (Å²) in [4.78, 5) is 12.3. The summed E-state index contributed by atoms with van der Waals surface area (Å²) in [6.07, 6.45) is 3.97. The molecule has 1 fully saturated rings. The van der Waals surface area contributed by atoms with Gasteiger partial charge in [-0.2, -0.15) is 0 Å². The third-order valence-electron chi connectivity index (χ3n) is 4.11. The number of hydrogen-bond donors (Lipinski definition) is 0. The number of esters is 1. The molecule has 0 heterocycles. The van der Waals surface area contributed by atoms with Crippen LogP contribution in [0.1, 0.15) is 25.0 Å². The van der Waals surface area contributed by atoms with Crippen molar-refractivity contribution in [2.45, 2.75) is 20.5 Å². The number of halogens is 4. The summed E-state index contributed by atoms with van der Waals surface area (Å²) >= 11 is 13.4. The molecule has 0 spiro atoms. The summed E-state index contributed by atoms with van der Waals surface area (Å²) in [5.41, 5.74) is 1.99. The van der Waals surface area contributed by atoms with Crippen molar-refractivity contribution in [1.29, 1.82) is 0 Å². The van der Waals surface area contributed by atoms with E-state index in [9.17, 15) is 4.79 Å². The first kappa shape index (κ1) is 19.4. The van der Waals surface area contributed by atoms with E-state index < -0.39 is 0 Å². The summed E-state index contributed by atoms with van der Waals surface area (Å²) in [6.45, 7) is 4.47. The van der Waals surface area contributed by atoms with Crippen molar-refractivity contribution in [2.24, 2.45) is 17.3 Å². The van der Waals surface area contributed by atoms with Gasteiger partial charge in [-0.1, -0.05) is 44.2 Å². The molecule has 6 heteroatoms. The summed E-state index contributed by atoms with van der Waals surface area (Å²) < 4.78 is 7.25. The molecule has 1 aromatic carbocycles. The van der Waals surface area contributed by atoms with E-state index in [2.05, 4.69) is 77.6 Å². The summed E-state index contributed by atoms with van der Waals surface area (Å²) in [5, 5.41) is 0. The van der Waals surface area contributed by atoms with E-state index in [1.807, 2.05) is 36.4 Å². The van der Waals surface area contributed by atoms with Gasteiger partial charge in [-0.05, 0) is 92.3 Å². The highest BCUT2D eigenvalue weighted by Gasteiger charge is 2.61. The standard InChI is InChI=1S/C17H16Br4O2/c1-17(2)12(8-14(20)21)15(17)16(22)23-9-11-5-3-10(4-6-11)7-13(18)19/h3-8,12,15H,9H2,1-2H3. The van der Waals surface area contributed by atoms with Crippen LogP contribution in [0.5, 0.6) is 0 Å². The number of benzene rings is 1. The van der Waals surface area contributed by atoms with E-state index in [-0.39, 0.29) is 23.2 Å². The van der Waals surface area contributed by atoms with Crippen LogP contribution in [-0.4, -0.2) is 5.97 Å². The fourth-order valence-electron chi connectivity index (χ4n) is 2.65. The van der Waals surface area contributed by atoms with Crippen LogP contribution in [0.3, 0.4) is 0 Å². The molecule has 0 aliphatic heterocycles. The molecule has 0 bridgehead atoms. The second-order valence-corrected chi connectivity index (χ2v) is 11.6. The second kappa shape index (κ2) is 7.98. The molecule has 0 saturated heterocycles. The maximum Gasteiger partial charge on any atom is 0.310 e. The number of rotatable bonds is 5. The fraction of sp³-hybridized carbons (Fsp3) is 0.353. The third-order valence-corrected chi connectivity index (χ3v) is 5.09. The minimum Gasteiger partial charge on any atom is -0.461 e.